The number of carbonyl (C=O) groups excluding carboxylic acids is 1. The average Bonchev–Trinajstić information content (AvgIpc) is 2.38. The van der Waals surface area contributed by atoms with Crippen molar-refractivity contribution in [2.45, 2.75) is 13.0 Å². The summed E-state index contributed by atoms with van der Waals surface area (Å²) in [5, 5.41) is 0.640. The summed E-state index contributed by atoms with van der Waals surface area (Å²) in [6.07, 6.45) is 1.17. The number of pyridine rings is 1. The van der Waals surface area contributed by atoms with Crippen molar-refractivity contribution in [1.29, 1.82) is 0 Å². The third-order valence-electron chi connectivity index (χ3n) is 2.41. The number of hydrogen-bond donors (Lipinski definition) is 0. The van der Waals surface area contributed by atoms with Gasteiger partial charge in [-0.15, -0.1) is 0 Å². The maximum atomic E-state index is 11.2. The summed E-state index contributed by atoms with van der Waals surface area (Å²) >= 11 is 5.84. The maximum Gasteiger partial charge on any atom is 0.303 e. The molecule has 92 valence electrons. The van der Waals surface area contributed by atoms with Crippen molar-refractivity contribution in [3.05, 3.63) is 64.9 Å². The predicted molar refractivity (Wildman–Crippen MR) is 69.3 cm³/mol. The predicted octanol–water partition coefficient (Wildman–Crippen LogP) is 3.39. The number of esters is 1. The Bertz CT molecular complexity index is 525. The van der Waals surface area contributed by atoms with Gasteiger partial charge in [0.2, 0.25) is 0 Å². The quantitative estimate of drug-likeness (QED) is 0.795. The first kappa shape index (κ1) is 12.6. The van der Waals surface area contributed by atoms with Crippen molar-refractivity contribution in [2.24, 2.45) is 0 Å². The third-order valence-corrected chi connectivity index (χ3v) is 2.66. The lowest BCUT2D eigenvalue weighted by Gasteiger charge is -2.16. The van der Waals surface area contributed by atoms with Gasteiger partial charge in [-0.05, 0) is 29.8 Å². The van der Waals surface area contributed by atoms with E-state index in [1.54, 1.807) is 18.3 Å². The highest BCUT2D eigenvalue weighted by Gasteiger charge is 2.18. The van der Waals surface area contributed by atoms with E-state index in [0.717, 1.165) is 5.56 Å². The number of benzene rings is 1. The zero-order valence-electron chi connectivity index (χ0n) is 9.84. The van der Waals surface area contributed by atoms with Gasteiger partial charge >= 0.3 is 5.97 Å². The molecule has 0 unspecified atom stereocenters. The largest absolute Gasteiger partial charge is 0.451 e. The van der Waals surface area contributed by atoms with Gasteiger partial charge in [0.1, 0.15) is 0 Å². The van der Waals surface area contributed by atoms with Gasteiger partial charge in [-0.2, -0.15) is 0 Å². The molecule has 0 aliphatic carbocycles. The average molecular weight is 262 g/mol. The SMILES string of the molecule is CC(=O)O[C@@H](c1ccc(Cl)cc1)c1ccccn1. The van der Waals surface area contributed by atoms with Crippen LogP contribution in [0.5, 0.6) is 0 Å². The fraction of sp³-hybridized carbons (Fsp3) is 0.143. The molecule has 0 bridgehead atoms. The molecule has 1 aromatic heterocycles. The van der Waals surface area contributed by atoms with E-state index < -0.39 is 6.10 Å². The lowest BCUT2D eigenvalue weighted by molar-refractivity contribution is -0.144. The second kappa shape index (κ2) is 5.65. The molecule has 3 nitrogen and oxygen atoms in total. The van der Waals surface area contributed by atoms with Crippen LogP contribution in [0.3, 0.4) is 0 Å². The minimum absolute atomic E-state index is 0.347. The Morgan fingerprint density at radius 3 is 2.50 bits per heavy atom. The van der Waals surface area contributed by atoms with Crippen LogP contribution < -0.4 is 0 Å². The van der Waals surface area contributed by atoms with E-state index in [0.29, 0.717) is 10.7 Å². The molecule has 0 radical (unpaired) electrons. The van der Waals surface area contributed by atoms with Crippen LogP contribution in [-0.4, -0.2) is 11.0 Å². The van der Waals surface area contributed by atoms with Crippen molar-refractivity contribution in [2.75, 3.05) is 0 Å². The Hall–Kier alpha value is -1.87. The lowest BCUT2D eigenvalue weighted by atomic mass is 10.1. The summed E-state index contributed by atoms with van der Waals surface area (Å²) in [6, 6.07) is 12.7. The maximum absolute atomic E-state index is 11.2. The van der Waals surface area contributed by atoms with E-state index in [1.807, 2.05) is 30.3 Å². The minimum atomic E-state index is -0.499. The lowest BCUT2D eigenvalue weighted by Crippen LogP contribution is -2.11. The zero-order valence-corrected chi connectivity index (χ0v) is 10.6. The third kappa shape index (κ3) is 3.08. The van der Waals surface area contributed by atoms with Gasteiger partial charge in [-0.3, -0.25) is 9.78 Å². The van der Waals surface area contributed by atoms with Crippen molar-refractivity contribution in [1.82, 2.24) is 4.98 Å². The zero-order chi connectivity index (χ0) is 13.0. The molecule has 1 atom stereocenters. The molecule has 0 saturated carbocycles. The topological polar surface area (TPSA) is 39.2 Å². The van der Waals surface area contributed by atoms with E-state index in [-0.39, 0.29) is 5.97 Å². The van der Waals surface area contributed by atoms with Crippen LogP contribution in [0.4, 0.5) is 0 Å². The number of carbonyl (C=O) groups is 1. The van der Waals surface area contributed by atoms with E-state index in [4.69, 9.17) is 16.3 Å². The normalized spacial score (nSPS) is 11.9. The Morgan fingerprint density at radius 1 is 1.22 bits per heavy atom. The fourth-order valence-corrected chi connectivity index (χ4v) is 1.76. The van der Waals surface area contributed by atoms with Crippen LogP contribution in [0.15, 0.2) is 48.7 Å². The van der Waals surface area contributed by atoms with Gasteiger partial charge in [0.25, 0.3) is 0 Å². The second-order valence-corrected chi connectivity index (χ2v) is 4.23. The molecule has 2 aromatic rings. The fourth-order valence-electron chi connectivity index (χ4n) is 1.63. The van der Waals surface area contributed by atoms with Crippen molar-refractivity contribution in [3.8, 4) is 0 Å². The highest BCUT2D eigenvalue weighted by molar-refractivity contribution is 6.30. The first-order valence-corrected chi connectivity index (χ1v) is 5.88. The summed E-state index contributed by atoms with van der Waals surface area (Å²) in [6.45, 7) is 1.38. The number of aromatic nitrogens is 1. The van der Waals surface area contributed by atoms with Gasteiger partial charge in [-0.25, -0.2) is 0 Å². The van der Waals surface area contributed by atoms with Crippen LogP contribution in [0, 0.1) is 0 Å². The summed E-state index contributed by atoms with van der Waals surface area (Å²) in [4.78, 5) is 15.4. The first-order chi connectivity index (χ1) is 8.66. The van der Waals surface area contributed by atoms with Crippen LogP contribution in [-0.2, 0) is 9.53 Å². The number of hydrogen-bond acceptors (Lipinski definition) is 3. The van der Waals surface area contributed by atoms with E-state index in [1.165, 1.54) is 6.92 Å². The van der Waals surface area contributed by atoms with Crippen LogP contribution in [0.2, 0.25) is 5.02 Å². The molecule has 0 aliphatic heterocycles. The Kier molecular flexibility index (Phi) is 3.95. The molecule has 0 fully saturated rings. The highest BCUT2D eigenvalue weighted by atomic mass is 35.5. The highest BCUT2D eigenvalue weighted by Crippen LogP contribution is 2.25. The van der Waals surface area contributed by atoms with E-state index >= 15 is 0 Å². The standard InChI is InChI=1S/C14H12ClNO2/c1-10(17)18-14(13-4-2-3-9-16-13)11-5-7-12(15)8-6-11/h2-9,14H,1H3/t14-/m0/s1. The molecule has 4 heteroatoms. The Morgan fingerprint density at radius 2 is 1.94 bits per heavy atom. The number of halogens is 1. The molecule has 0 amide bonds. The van der Waals surface area contributed by atoms with Crippen LogP contribution in [0.1, 0.15) is 24.3 Å². The molecule has 0 spiro atoms. The Balaban J connectivity index is 2.36. The summed E-state index contributed by atoms with van der Waals surface area (Å²) in [5.74, 6) is -0.347. The molecular weight excluding hydrogens is 250 g/mol. The number of nitrogens with zero attached hydrogens (tertiary/aromatic N) is 1. The van der Waals surface area contributed by atoms with Gasteiger partial charge in [0, 0.05) is 18.1 Å². The summed E-state index contributed by atoms with van der Waals surface area (Å²) in [7, 11) is 0. The van der Waals surface area contributed by atoms with Crippen LogP contribution in [0.25, 0.3) is 0 Å². The monoisotopic (exact) mass is 261 g/mol. The minimum Gasteiger partial charge on any atom is -0.451 e. The molecule has 0 aliphatic rings. The first-order valence-electron chi connectivity index (χ1n) is 5.50. The number of ether oxygens (including phenoxy) is 1. The summed E-state index contributed by atoms with van der Waals surface area (Å²) < 4.78 is 5.32. The smallest absolute Gasteiger partial charge is 0.303 e. The molecule has 0 N–H and O–H groups in total. The van der Waals surface area contributed by atoms with Gasteiger partial charge in [-0.1, -0.05) is 29.8 Å². The van der Waals surface area contributed by atoms with Gasteiger partial charge in [0.05, 0.1) is 5.69 Å². The Labute approximate surface area is 110 Å². The van der Waals surface area contributed by atoms with Crippen molar-refractivity contribution >= 4 is 17.6 Å². The molecule has 18 heavy (non-hydrogen) atoms. The van der Waals surface area contributed by atoms with Crippen LogP contribution >= 0.6 is 11.6 Å². The molecule has 1 aromatic carbocycles. The molecular formula is C14H12ClNO2. The second-order valence-electron chi connectivity index (χ2n) is 3.80. The molecule has 0 saturated heterocycles. The van der Waals surface area contributed by atoms with Crippen molar-refractivity contribution in [3.63, 3.8) is 0 Å². The summed E-state index contributed by atoms with van der Waals surface area (Å²) in [5.41, 5.74) is 1.53. The van der Waals surface area contributed by atoms with Gasteiger partial charge < -0.3 is 4.74 Å². The van der Waals surface area contributed by atoms with Crippen molar-refractivity contribution < 1.29 is 9.53 Å². The molecule has 1 heterocycles. The van der Waals surface area contributed by atoms with E-state index in [9.17, 15) is 4.79 Å². The molecule has 2 rings (SSSR count). The van der Waals surface area contributed by atoms with E-state index in [2.05, 4.69) is 4.98 Å². The van der Waals surface area contributed by atoms with Gasteiger partial charge in [0.15, 0.2) is 6.10 Å². The number of rotatable bonds is 3.